The van der Waals surface area contributed by atoms with Crippen LogP contribution in [0.25, 0.3) is 0 Å². The van der Waals surface area contributed by atoms with Gasteiger partial charge in [-0.25, -0.2) is 0 Å². The fourth-order valence-corrected chi connectivity index (χ4v) is 20.4. The normalized spacial score (nSPS) is 38.8. The molecule has 0 aromatic heterocycles. The van der Waals surface area contributed by atoms with Gasteiger partial charge >= 0.3 is 0 Å². The third-order valence-corrected chi connectivity index (χ3v) is 24.1. The summed E-state index contributed by atoms with van der Waals surface area (Å²) in [5, 5.41) is 0. The van der Waals surface area contributed by atoms with Gasteiger partial charge in [0.05, 0.1) is 12.1 Å². The lowest BCUT2D eigenvalue weighted by molar-refractivity contribution is 0.171. The van der Waals surface area contributed by atoms with E-state index in [2.05, 4.69) is 132 Å². The van der Waals surface area contributed by atoms with E-state index >= 15 is 0 Å². The van der Waals surface area contributed by atoms with E-state index in [9.17, 15) is 0 Å². The largest absolute Gasteiger partial charge is 0.462 e. The third kappa shape index (κ3) is 9.67. The SMILES string of the molecule is C=CC1CC=C(Oc2ccc(C3(C4=CCC(C5CCCCC5)CC4)C4C=CCCC4C4C=CC(N(C5=CCC(C6C=CC7C(C6)C6CCCC=C6N7C6CC=CCC6)CC5)C5=CCCC=C5C5CCCCC5)CC43)cc2)CC1. The molecule has 414 valence electrons. The molecule has 0 N–H and O–H groups in total. The summed E-state index contributed by atoms with van der Waals surface area (Å²) in [7, 11) is 0. The summed E-state index contributed by atoms with van der Waals surface area (Å²) in [5.74, 6) is 10.6. The van der Waals surface area contributed by atoms with Gasteiger partial charge < -0.3 is 14.5 Å². The first kappa shape index (κ1) is 51.9. The Hall–Kier alpha value is -4.24. The lowest BCUT2D eigenvalue weighted by Crippen LogP contribution is -2.46. The molecule has 14 atom stereocenters. The zero-order valence-electron chi connectivity index (χ0n) is 48.1. The highest BCUT2D eigenvalue weighted by molar-refractivity contribution is 5.49. The first-order chi connectivity index (χ1) is 38.6. The maximum atomic E-state index is 6.75. The van der Waals surface area contributed by atoms with Crippen LogP contribution in [-0.4, -0.2) is 27.9 Å². The summed E-state index contributed by atoms with van der Waals surface area (Å²) in [4.78, 5) is 6.03. The number of hydrogen-bond acceptors (Lipinski definition) is 3. The third-order valence-electron chi connectivity index (χ3n) is 24.1. The second-order valence-electron chi connectivity index (χ2n) is 27.9. The minimum absolute atomic E-state index is 0.0185. The minimum atomic E-state index is -0.0185. The molecule has 0 radical (unpaired) electrons. The van der Waals surface area contributed by atoms with Crippen LogP contribution in [-0.2, 0) is 5.41 Å². The summed E-state index contributed by atoms with van der Waals surface area (Å²) in [5.41, 5.74) is 10.1. The zero-order chi connectivity index (χ0) is 52.0. The first-order valence-corrected chi connectivity index (χ1v) is 33.5. The monoisotopic (exact) mass is 1040 g/mol. The quantitative estimate of drug-likeness (QED) is 0.194. The molecule has 0 spiro atoms. The van der Waals surface area contributed by atoms with Crippen molar-refractivity contribution >= 4 is 0 Å². The van der Waals surface area contributed by atoms with Crippen molar-refractivity contribution in [1.82, 2.24) is 9.80 Å². The lowest BCUT2D eigenvalue weighted by Gasteiger charge is -2.50. The Bertz CT molecular complexity index is 2650. The Morgan fingerprint density at radius 1 is 0.590 bits per heavy atom. The van der Waals surface area contributed by atoms with E-state index in [0.717, 1.165) is 60.4 Å². The van der Waals surface area contributed by atoms with Crippen LogP contribution in [0.3, 0.4) is 0 Å². The first-order valence-electron chi connectivity index (χ1n) is 33.5. The number of nitrogens with zero attached hydrogens (tertiary/aromatic N) is 2. The molecule has 1 aromatic carbocycles. The number of ether oxygens (including phenoxy) is 1. The number of rotatable bonds is 12. The van der Waals surface area contributed by atoms with Gasteiger partial charge in [-0.1, -0.05) is 154 Å². The minimum Gasteiger partial charge on any atom is -0.462 e. The molecule has 78 heavy (non-hydrogen) atoms. The molecule has 1 heterocycles. The lowest BCUT2D eigenvalue weighted by atomic mass is 9.56. The number of likely N-dealkylation sites (tertiary alicyclic amines) is 1. The van der Waals surface area contributed by atoms with Crippen LogP contribution in [0.15, 0.2) is 156 Å². The standard InChI is InChI=1S/C75H98N2O/c1-2-52-30-44-63(45-31-52)78-64-46-39-59(40-47-64)75(58-37-32-54(33-38-58)53-18-6-3-7-19-53)70-27-15-12-25-66(70)67-48-43-62(51-71(67)75)76(72-28-16-13-24-65(72)56-20-8-4-9-21-56)61-41-34-55(35-42-61)57-36-49-74-69(50-57)68-26-14-17-29-73(68)77(74)60-22-10-5-11-23-60/h2,5,10,15,24,27-29,36-37,39-41,43-44,46-49,52-57,60,62,66-71,74H,1,3-4,6-9,11-14,16-23,25-26,30-35,38,42,45,50-51H2. The van der Waals surface area contributed by atoms with E-state index in [1.165, 1.54) is 180 Å². The van der Waals surface area contributed by atoms with Gasteiger partial charge in [-0.05, 0) is 236 Å². The maximum Gasteiger partial charge on any atom is 0.126 e. The smallest absolute Gasteiger partial charge is 0.126 e. The van der Waals surface area contributed by atoms with Crippen LogP contribution in [0.2, 0.25) is 0 Å². The summed E-state index contributed by atoms with van der Waals surface area (Å²) in [6, 6.07) is 11.6. The van der Waals surface area contributed by atoms with E-state index in [1.807, 2.05) is 5.57 Å². The number of allylic oxidation sites excluding steroid dienone is 17. The van der Waals surface area contributed by atoms with Gasteiger partial charge in [-0.2, -0.15) is 0 Å². The van der Waals surface area contributed by atoms with Gasteiger partial charge in [0.1, 0.15) is 11.5 Å². The molecular formula is C75H98N2O. The molecule has 12 aliphatic carbocycles. The van der Waals surface area contributed by atoms with Crippen LogP contribution in [0.5, 0.6) is 5.75 Å². The van der Waals surface area contributed by atoms with Crippen molar-refractivity contribution in [2.75, 3.05) is 0 Å². The molecule has 1 aromatic rings. The molecule has 4 fully saturated rings. The second kappa shape index (κ2) is 23.0. The van der Waals surface area contributed by atoms with Crippen molar-refractivity contribution in [3.05, 3.63) is 162 Å². The summed E-state index contributed by atoms with van der Waals surface area (Å²) >= 11 is 0. The van der Waals surface area contributed by atoms with E-state index in [-0.39, 0.29) is 5.41 Å². The Morgan fingerprint density at radius 2 is 1.42 bits per heavy atom. The van der Waals surface area contributed by atoms with Crippen LogP contribution >= 0.6 is 0 Å². The van der Waals surface area contributed by atoms with Crippen molar-refractivity contribution in [2.45, 2.75) is 223 Å². The summed E-state index contributed by atoms with van der Waals surface area (Å²) in [6.45, 7) is 4.10. The van der Waals surface area contributed by atoms with Crippen molar-refractivity contribution in [2.24, 2.45) is 71.0 Å². The fourth-order valence-electron chi connectivity index (χ4n) is 20.4. The second-order valence-corrected chi connectivity index (χ2v) is 27.9. The molecular weight excluding hydrogens is 945 g/mol. The Labute approximate surface area is 473 Å². The van der Waals surface area contributed by atoms with Crippen LogP contribution in [0, 0.1) is 71.0 Å². The molecule has 1 saturated heterocycles. The number of hydrogen-bond donors (Lipinski definition) is 0. The highest BCUT2D eigenvalue weighted by Crippen LogP contribution is 2.67. The van der Waals surface area contributed by atoms with Crippen LogP contribution in [0.4, 0.5) is 0 Å². The van der Waals surface area contributed by atoms with Crippen LogP contribution < -0.4 is 4.74 Å². The highest BCUT2D eigenvalue weighted by atomic mass is 16.5. The topological polar surface area (TPSA) is 15.7 Å². The zero-order valence-corrected chi connectivity index (χ0v) is 48.1. The van der Waals surface area contributed by atoms with Crippen molar-refractivity contribution in [3.63, 3.8) is 0 Å². The average Bonchev–Trinajstić information content (AvgIpc) is 4.18. The van der Waals surface area contributed by atoms with Gasteiger partial charge in [0.2, 0.25) is 0 Å². The molecule has 3 heteroatoms. The van der Waals surface area contributed by atoms with Gasteiger partial charge in [0.15, 0.2) is 0 Å². The average molecular weight is 1040 g/mol. The molecule has 13 aliphatic rings. The van der Waals surface area contributed by atoms with Crippen molar-refractivity contribution < 1.29 is 4.74 Å². The fraction of sp³-hybridized carbons (Fsp3) is 0.627. The molecule has 14 rings (SSSR count). The maximum absolute atomic E-state index is 6.75. The summed E-state index contributed by atoms with van der Waals surface area (Å²) < 4.78 is 6.75. The predicted molar refractivity (Wildman–Crippen MR) is 324 cm³/mol. The molecule has 1 aliphatic heterocycles. The van der Waals surface area contributed by atoms with E-state index < -0.39 is 0 Å². The summed E-state index contributed by atoms with van der Waals surface area (Å²) in [6.07, 6.45) is 80.4. The highest BCUT2D eigenvalue weighted by Gasteiger charge is 2.62. The van der Waals surface area contributed by atoms with Crippen molar-refractivity contribution in [3.8, 4) is 5.75 Å². The number of fused-ring (bicyclic) bond motifs is 6. The molecule has 3 saturated carbocycles. The van der Waals surface area contributed by atoms with Gasteiger partial charge in [-0.15, -0.1) is 6.58 Å². The molecule has 3 nitrogen and oxygen atoms in total. The number of benzene rings is 1. The van der Waals surface area contributed by atoms with E-state index in [1.54, 1.807) is 28.2 Å². The molecule has 0 bridgehead atoms. The molecule has 14 unspecified atom stereocenters. The Balaban J connectivity index is 0.804. The predicted octanol–water partition coefficient (Wildman–Crippen LogP) is 19.5. The van der Waals surface area contributed by atoms with Gasteiger partial charge in [0, 0.05) is 40.9 Å². The van der Waals surface area contributed by atoms with E-state index in [4.69, 9.17) is 4.74 Å². The Morgan fingerprint density at radius 3 is 2.21 bits per heavy atom. The van der Waals surface area contributed by atoms with Crippen LogP contribution in [0.1, 0.15) is 205 Å². The van der Waals surface area contributed by atoms with Crippen molar-refractivity contribution in [1.29, 1.82) is 0 Å². The van der Waals surface area contributed by atoms with Gasteiger partial charge in [-0.3, -0.25) is 0 Å². The Kier molecular flexibility index (Phi) is 15.3. The van der Waals surface area contributed by atoms with Gasteiger partial charge in [0.25, 0.3) is 0 Å². The molecule has 0 amide bonds. The van der Waals surface area contributed by atoms with E-state index in [0.29, 0.717) is 59.6 Å².